The Labute approximate surface area is 124 Å². The van der Waals surface area contributed by atoms with Crippen LogP contribution in [0.2, 0.25) is 0 Å². The first-order valence-corrected chi connectivity index (χ1v) is 8.04. The van der Waals surface area contributed by atoms with E-state index in [-0.39, 0.29) is 5.82 Å². The van der Waals surface area contributed by atoms with Gasteiger partial charge in [0.15, 0.2) is 0 Å². The van der Waals surface area contributed by atoms with Gasteiger partial charge >= 0.3 is 0 Å². The van der Waals surface area contributed by atoms with Crippen molar-refractivity contribution >= 4 is 15.9 Å². The first kappa shape index (κ1) is 15.0. The maximum Gasteiger partial charge on any atom is 0.128 e. The van der Waals surface area contributed by atoms with E-state index < -0.39 is 0 Å². The highest BCUT2D eigenvalue weighted by Gasteiger charge is 2.27. The lowest BCUT2D eigenvalue weighted by atomic mass is 9.78. The molecule has 0 heterocycles. The van der Waals surface area contributed by atoms with Crippen molar-refractivity contribution in [1.29, 1.82) is 0 Å². The first-order valence-electron chi connectivity index (χ1n) is 7.25. The molecule has 106 valence electrons. The van der Waals surface area contributed by atoms with Gasteiger partial charge in [0.05, 0.1) is 0 Å². The standard InChI is InChI=1S/C16H23BrFN/c1-11(2)14-5-3-4-6-16(14)19-10-12-7-8-13(17)9-15(12)18/h7-9,11,14,16,19H,3-6,10H2,1-2H3. The van der Waals surface area contributed by atoms with E-state index in [0.29, 0.717) is 18.5 Å². The maximum absolute atomic E-state index is 13.8. The highest BCUT2D eigenvalue weighted by molar-refractivity contribution is 9.10. The van der Waals surface area contributed by atoms with Gasteiger partial charge in [-0.1, -0.05) is 48.7 Å². The third-order valence-corrected chi connectivity index (χ3v) is 4.74. The van der Waals surface area contributed by atoms with Crippen LogP contribution in [0.15, 0.2) is 22.7 Å². The molecular formula is C16H23BrFN. The zero-order chi connectivity index (χ0) is 13.8. The van der Waals surface area contributed by atoms with Gasteiger partial charge < -0.3 is 5.32 Å². The Hall–Kier alpha value is -0.410. The predicted molar refractivity (Wildman–Crippen MR) is 81.5 cm³/mol. The molecule has 1 fully saturated rings. The summed E-state index contributed by atoms with van der Waals surface area (Å²) in [4.78, 5) is 0. The Morgan fingerprint density at radius 1 is 1.32 bits per heavy atom. The minimum atomic E-state index is -0.126. The van der Waals surface area contributed by atoms with E-state index >= 15 is 0 Å². The lowest BCUT2D eigenvalue weighted by Crippen LogP contribution is -2.40. The largest absolute Gasteiger partial charge is 0.310 e. The molecule has 1 aromatic carbocycles. The molecule has 1 aromatic rings. The number of benzene rings is 1. The number of hydrogen-bond acceptors (Lipinski definition) is 1. The smallest absolute Gasteiger partial charge is 0.128 e. The zero-order valence-electron chi connectivity index (χ0n) is 11.8. The van der Waals surface area contributed by atoms with Crippen LogP contribution in [-0.2, 0) is 6.54 Å². The van der Waals surface area contributed by atoms with Gasteiger partial charge in [-0.3, -0.25) is 0 Å². The fourth-order valence-corrected chi connectivity index (χ4v) is 3.45. The quantitative estimate of drug-likeness (QED) is 0.829. The van der Waals surface area contributed by atoms with Gasteiger partial charge in [0, 0.05) is 22.6 Å². The van der Waals surface area contributed by atoms with E-state index in [9.17, 15) is 4.39 Å². The molecule has 1 aliphatic carbocycles. The second-order valence-corrected chi connectivity index (χ2v) is 6.83. The molecule has 0 saturated heterocycles. The molecule has 0 amide bonds. The summed E-state index contributed by atoms with van der Waals surface area (Å²) >= 11 is 3.29. The van der Waals surface area contributed by atoms with Gasteiger partial charge in [0.25, 0.3) is 0 Å². The molecule has 2 atom stereocenters. The van der Waals surface area contributed by atoms with Crippen molar-refractivity contribution in [2.45, 2.75) is 52.1 Å². The number of hydrogen-bond donors (Lipinski definition) is 1. The summed E-state index contributed by atoms with van der Waals surface area (Å²) in [6.45, 7) is 5.22. The van der Waals surface area contributed by atoms with Crippen LogP contribution in [0.5, 0.6) is 0 Å². The topological polar surface area (TPSA) is 12.0 Å². The van der Waals surface area contributed by atoms with Crippen molar-refractivity contribution in [3.63, 3.8) is 0 Å². The summed E-state index contributed by atoms with van der Waals surface area (Å²) in [5.41, 5.74) is 0.760. The van der Waals surface area contributed by atoms with Crippen molar-refractivity contribution < 1.29 is 4.39 Å². The Balaban J connectivity index is 1.96. The Bertz CT molecular complexity index is 419. The van der Waals surface area contributed by atoms with Crippen LogP contribution in [0, 0.1) is 17.7 Å². The van der Waals surface area contributed by atoms with Crippen molar-refractivity contribution in [2.75, 3.05) is 0 Å². The minimum absolute atomic E-state index is 0.126. The lowest BCUT2D eigenvalue weighted by Gasteiger charge is -2.35. The molecule has 1 nitrogen and oxygen atoms in total. The van der Waals surface area contributed by atoms with Crippen molar-refractivity contribution in [3.05, 3.63) is 34.1 Å². The van der Waals surface area contributed by atoms with Gasteiger partial charge in [-0.25, -0.2) is 4.39 Å². The second kappa shape index (κ2) is 6.85. The van der Waals surface area contributed by atoms with Crippen molar-refractivity contribution in [2.24, 2.45) is 11.8 Å². The maximum atomic E-state index is 13.8. The molecule has 2 unspecified atom stereocenters. The van der Waals surface area contributed by atoms with E-state index in [0.717, 1.165) is 16.0 Å². The van der Waals surface area contributed by atoms with Crippen LogP contribution in [0.4, 0.5) is 4.39 Å². The zero-order valence-corrected chi connectivity index (χ0v) is 13.3. The number of rotatable bonds is 4. The minimum Gasteiger partial charge on any atom is -0.310 e. The van der Waals surface area contributed by atoms with Crippen LogP contribution in [-0.4, -0.2) is 6.04 Å². The van der Waals surface area contributed by atoms with E-state index in [1.165, 1.54) is 31.7 Å². The van der Waals surface area contributed by atoms with Crippen LogP contribution >= 0.6 is 15.9 Å². The fourth-order valence-electron chi connectivity index (χ4n) is 3.12. The van der Waals surface area contributed by atoms with Crippen molar-refractivity contribution in [1.82, 2.24) is 5.32 Å². The molecule has 19 heavy (non-hydrogen) atoms. The third kappa shape index (κ3) is 4.03. The molecular weight excluding hydrogens is 305 g/mol. The third-order valence-electron chi connectivity index (χ3n) is 4.25. The number of halogens is 2. The van der Waals surface area contributed by atoms with E-state index in [2.05, 4.69) is 35.1 Å². The molecule has 2 rings (SSSR count). The van der Waals surface area contributed by atoms with E-state index in [1.54, 1.807) is 0 Å². The fraction of sp³-hybridized carbons (Fsp3) is 0.625. The normalized spacial score (nSPS) is 23.8. The highest BCUT2D eigenvalue weighted by Crippen LogP contribution is 2.30. The molecule has 0 aliphatic heterocycles. The molecule has 3 heteroatoms. The van der Waals surface area contributed by atoms with Gasteiger partial charge in [-0.15, -0.1) is 0 Å². The summed E-state index contributed by atoms with van der Waals surface area (Å²) in [5, 5.41) is 3.57. The predicted octanol–water partition coefficient (Wildman–Crippen LogP) is 4.89. The highest BCUT2D eigenvalue weighted by atomic mass is 79.9. The van der Waals surface area contributed by atoms with Crippen LogP contribution in [0.25, 0.3) is 0 Å². The summed E-state index contributed by atoms with van der Waals surface area (Å²) in [5.74, 6) is 1.30. The Kier molecular flexibility index (Phi) is 5.40. The molecule has 0 spiro atoms. The summed E-state index contributed by atoms with van der Waals surface area (Å²) < 4.78 is 14.6. The second-order valence-electron chi connectivity index (χ2n) is 5.92. The van der Waals surface area contributed by atoms with E-state index in [4.69, 9.17) is 0 Å². The van der Waals surface area contributed by atoms with Crippen molar-refractivity contribution in [3.8, 4) is 0 Å². The summed E-state index contributed by atoms with van der Waals surface area (Å²) in [7, 11) is 0. The van der Waals surface area contributed by atoms with Gasteiger partial charge in [0.1, 0.15) is 5.82 Å². The monoisotopic (exact) mass is 327 g/mol. The molecule has 0 aromatic heterocycles. The summed E-state index contributed by atoms with van der Waals surface area (Å²) in [6, 6.07) is 5.84. The number of nitrogens with one attached hydrogen (secondary N) is 1. The summed E-state index contributed by atoms with van der Waals surface area (Å²) in [6.07, 6.45) is 5.16. The van der Waals surface area contributed by atoms with Gasteiger partial charge in [0.2, 0.25) is 0 Å². The van der Waals surface area contributed by atoms with Gasteiger partial charge in [-0.2, -0.15) is 0 Å². The lowest BCUT2D eigenvalue weighted by molar-refractivity contribution is 0.204. The van der Waals surface area contributed by atoms with Gasteiger partial charge in [-0.05, 0) is 36.8 Å². The molecule has 1 saturated carbocycles. The average Bonchev–Trinajstić information content (AvgIpc) is 2.38. The molecule has 0 radical (unpaired) electrons. The SMILES string of the molecule is CC(C)C1CCCCC1NCc1ccc(Br)cc1F. The Morgan fingerprint density at radius 3 is 2.74 bits per heavy atom. The van der Waals surface area contributed by atoms with E-state index in [1.807, 2.05) is 12.1 Å². The first-order chi connectivity index (χ1) is 9.08. The van der Waals surface area contributed by atoms with Crippen LogP contribution < -0.4 is 5.32 Å². The molecule has 1 aliphatic rings. The molecule has 0 bridgehead atoms. The average molecular weight is 328 g/mol. The molecule has 1 N–H and O–H groups in total. The van der Waals surface area contributed by atoms with Crippen LogP contribution in [0.1, 0.15) is 45.1 Å². The van der Waals surface area contributed by atoms with Crippen LogP contribution in [0.3, 0.4) is 0 Å². The Morgan fingerprint density at radius 2 is 2.05 bits per heavy atom.